The summed E-state index contributed by atoms with van der Waals surface area (Å²) < 4.78 is 17.7. The molecule has 0 aliphatic carbocycles. The van der Waals surface area contributed by atoms with E-state index in [0.717, 1.165) is 30.5 Å². The molecule has 0 radical (unpaired) electrons. The summed E-state index contributed by atoms with van der Waals surface area (Å²) in [4.78, 5) is 28.6. The normalized spacial score (nSPS) is 15.3. The van der Waals surface area contributed by atoms with Crippen LogP contribution in [0.5, 0.6) is 0 Å². The number of amides is 1. The first-order chi connectivity index (χ1) is 14.1. The Morgan fingerprint density at radius 2 is 2.17 bits per heavy atom. The van der Waals surface area contributed by atoms with Gasteiger partial charge in [0.25, 0.3) is 5.91 Å². The van der Waals surface area contributed by atoms with E-state index < -0.39 is 5.97 Å². The molecule has 3 heterocycles. The van der Waals surface area contributed by atoms with Crippen LogP contribution in [0.4, 0.5) is 0 Å². The van der Waals surface area contributed by atoms with Crippen LogP contribution in [0.15, 0.2) is 10.7 Å². The summed E-state index contributed by atoms with van der Waals surface area (Å²) in [5.74, 6) is -0.169. The highest BCUT2D eigenvalue weighted by atomic mass is 16.5. The Morgan fingerprint density at radius 3 is 2.93 bits per heavy atom. The number of oxazole rings is 1. The third-order valence-electron chi connectivity index (χ3n) is 4.73. The number of ether oxygens (including phenoxy) is 2. The van der Waals surface area contributed by atoms with Gasteiger partial charge in [-0.15, -0.1) is 0 Å². The average molecular weight is 404 g/mol. The monoisotopic (exact) mass is 404 g/mol. The molecule has 158 valence electrons. The van der Waals surface area contributed by atoms with Crippen LogP contribution in [0, 0.1) is 6.92 Å². The lowest BCUT2D eigenvalue weighted by atomic mass is 10.0. The predicted octanol–water partition coefficient (Wildman–Crippen LogP) is 2.07. The first-order valence-electron chi connectivity index (χ1n) is 10.1. The number of nitrogens with zero attached hydrogens (tertiary/aromatic N) is 3. The lowest BCUT2D eigenvalue weighted by Crippen LogP contribution is -2.28. The van der Waals surface area contributed by atoms with Crippen LogP contribution in [0.1, 0.15) is 64.3 Å². The van der Waals surface area contributed by atoms with Crippen LogP contribution in [0.3, 0.4) is 0 Å². The van der Waals surface area contributed by atoms with Gasteiger partial charge in [0, 0.05) is 38.8 Å². The van der Waals surface area contributed by atoms with Gasteiger partial charge in [0.2, 0.25) is 0 Å². The minimum absolute atomic E-state index is 0.0877. The van der Waals surface area contributed by atoms with Gasteiger partial charge in [0.15, 0.2) is 11.6 Å². The molecule has 2 aromatic heterocycles. The van der Waals surface area contributed by atoms with Crippen molar-refractivity contribution in [2.24, 2.45) is 0 Å². The Morgan fingerprint density at radius 1 is 1.34 bits per heavy atom. The van der Waals surface area contributed by atoms with Crippen LogP contribution in [0.25, 0.3) is 0 Å². The van der Waals surface area contributed by atoms with Crippen molar-refractivity contribution in [3.8, 4) is 0 Å². The first-order valence-corrected chi connectivity index (χ1v) is 10.1. The molecule has 0 saturated heterocycles. The van der Waals surface area contributed by atoms with E-state index in [0.29, 0.717) is 50.7 Å². The zero-order chi connectivity index (χ0) is 20.6. The Bertz CT molecular complexity index is 842. The molecule has 0 aromatic carbocycles. The molecule has 3 rings (SSSR count). The van der Waals surface area contributed by atoms with E-state index in [2.05, 4.69) is 15.4 Å². The maximum absolute atomic E-state index is 12.7. The van der Waals surface area contributed by atoms with Crippen molar-refractivity contribution in [3.05, 3.63) is 34.8 Å². The quantitative estimate of drug-likeness (QED) is 0.580. The molecule has 0 bridgehead atoms. The van der Waals surface area contributed by atoms with Crippen molar-refractivity contribution >= 4 is 11.9 Å². The summed E-state index contributed by atoms with van der Waals surface area (Å²) in [6.45, 7) is 6.40. The minimum Gasteiger partial charge on any atom is -0.461 e. The molecule has 0 fully saturated rings. The average Bonchev–Trinajstić information content (AvgIpc) is 3.29. The summed E-state index contributed by atoms with van der Waals surface area (Å²) in [5.41, 5.74) is 2.65. The van der Waals surface area contributed by atoms with E-state index >= 15 is 0 Å². The van der Waals surface area contributed by atoms with Gasteiger partial charge in [-0.2, -0.15) is 5.10 Å². The highest BCUT2D eigenvalue weighted by Gasteiger charge is 2.23. The highest BCUT2D eigenvalue weighted by molar-refractivity contribution is 5.94. The highest BCUT2D eigenvalue weighted by Crippen LogP contribution is 2.19. The van der Waals surface area contributed by atoms with Gasteiger partial charge in [-0.1, -0.05) is 0 Å². The standard InChI is InChI=1S/C20H28N4O5/c1-3-24-18-15(7-4-10-27-11-6-9-21-19(18)25)16(23-24)8-5-12-28-20(26)17-13-29-14(2)22-17/h13H,3-12H2,1-2H3,(H,21,25). The van der Waals surface area contributed by atoms with Crippen molar-refractivity contribution < 1.29 is 23.5 Å². The van der Waals surface area contributed by atoms with Crippen molar-refractivity contribution in [3.63, 3.8) is 0 Å². The maximum atomic E-state index is 12.7. The number of carbonyl (C=O) groups excluding carboxylic acids is 2. The lowest BCUT2D eigenvalue weighted by Gasteiger charge is -2.08. The smallest absolute Gasteiger partial charge is 0.360 e. The predicted molar refractivity (Wildman–Crippen MR) is 104 cm³/mol. The van der Waals surface area contributed by atoms with Crippen molar-refractivity contribution in [2.75, 3.05) is 26.4 Å². The lowest BCUT2D eigenvalue weighted by molar-refractivity contribution is 0.0493. The van der Waals surface area contributed by atoms with Gasteiger partial charge in [-0.25, -0.2) is 9.78 Å². The molecule has 1 amide bonds. The summed E-state index contributed by atoms with van der Waals surface area (Å²) in [6.07, 6.45) is 4.88. The molecule has 1 N–H and O–H groups in total. The number of hydrogen-bond donors (Lipinski definition) is 1. The minimum atomic E-state index is -0.503. The number of hydrogen-bond acceptors (Lipinski definition) is 7. The Hall–Kier alpha value is -2.68. The summed E-state index contributed by atoms with van der Waals surface area (Å²) in [5, 5.41) is 7.62. The van der Waals surface area contributed by atoms with Crippen LogP contribution < -0.4 is 5.32 Å². The second kappa shape index (κ2) is 10.2. The molecule has 0 atom stereocenters. The van der Waals surface area contributed by atoms with Gasteiger partial charge in [-0.3, -0.25) is 9.48 Å². The number of aryl methyl sites for hydroxylation is 3. The van der Waals surface area contributed by atoms with E-state index in [1.54, 1.807) is 11.6 Å². The molecule has 9 heteroatoms. The van der Waals surface area contributed by atoms with Crippen molar-refractivity contribution in [1.29, 1.82) is 0 Å². The molecule has 2 aromatic rings. The number of carbonyl (C=O) groups is 2. The van der Waals surface area contributed by atoms with E-state index in [1.807, 2.05) is 6.92 Å². The fourth-order valence-electron chi connectivity index (χ4n) is 3.34. The van der Waals surface area contributed by atoms with Crippen LogP contribution in [-0.2, 0) is 28.9 Å². The van der Waals surface area contributed by atoms with Crippen LogP contribution >= 0.6 is 0 Å². The van der Waals surface area contributed by atoms with Gasteiger partial charge < -0.3 is 19.2 Å². The van der Waals surface area contributed by atoms with Crippen molar-refractivity contribution in [1.82, 2.24) is 20.1 Å². The zero-order valence-corrected chi connectivity index (χ0v) is 17.0. The molecular weight excluding hydrogens is 376 g/mol. The molecule has 0 unspecified atom stereocenters. The summed E-state index contributed by atoms with van der Waals surface area (Å²) in [6, 6.07) is 0. The number of fused-ring (bicyclic) bond motifs is 1. The zero-order valence-electron chi connectivity index (χ0n) is 17.0. The fourth-order valence-corrected chi connectivity index (χ4v) is 3.34. The van der Waals surface area contributed by atoms with E-state index in [9.17, 15) is 9.59 Å². The first kappa shape index (κ1) is 21.0. The number of aromatic nitrogens is 3. The third-order valence-corrected chi connectivity index (χ3v) is 4.73. The molecule has 1 aliphatic rings. The van der Waals surface area contributed by atoms with Crippen LogP contribution in [0.2, 0.25) is 0 Å². The molecule has 9 nitrogen and oxygen atoms in total. The summed E-state index contributed by atoms with van der Waals surface area (Å²) in [7, 11) is 0. The van der Waals surface area contributed by atoms with Crippen LogP contribution in [-0.4, -0.2) is 53.0 Å². The van der Waals surface area contributed by atoms with Gasteiger partial charge in [0.05, 0.1) is 12.3 Å². The topological polar surface area (TPSA) is 108 Å². The van der Waals surface area contributed by atoms with Gasteiger partial charge in [-0.05, 0) is 39.0 Å². The molecule has 29 heavy (non-hydrogen) atoms. The van der Waals surface area contributed by atoms with Gasteiger partial charge in [0.1, 0.15) is 12.0 Å². The fraction of sp³-hybridized carbons (Fsp3) is 0.600. The van der Waals surface area contributed by atoms with E-state index in [4.69, 9.17) is 13.9 Å². The van der Waals surface area contributed by atoms with E-state index in [-0.39, 0.29) is 18.2 Å². The maximum Gasteiger partial charge on any atom is 0.360 e. The summed E-state index contributed by atoms with van der Waals surface area (Å²) >= 11 is 0. The van der Waals surface area contributed by atoms with E-state index in [1.165, 1.54) is 6.26 Å². The van der Waals surface area contributed by atoms with Gasteiger partial charge >= 0.3 is 5.97 Å². The number of nitrogens with one attached hydrogen (secondary N) is 1. The Balaban J connectivity index is 1.65. The largest absolute Gasteiger partial charge is 0.461 e. The second-order valence-corrected chi connectivity index (χ2v) is 6.91. The SMILES string of the molecule is CCn1nc(CCCOC(=O)c2coc(C)n2)c2c1C(=O)NCCCOCCC2. The third kappa shape index (κ3) is 5.44. The molecule has 0 saturated carbocycles. The number of esters is 1. The van der Waals surface area contributed by atoms with Crippen molar-refractivity contribution in [2.45, 2.75) is 52.5 Å². The Labute approximate surface area is 169 Å². The number of rotatable bonds is 6. The Kier molecular flexibility index (Phi) is 7.40. The second-order valence-electron chi connectivity index (χ2n) is 6.91. The molecular formula is C20H28N4O5. The molecule has 0 spiro atoms. The molecule has 1 aliphatic heterocycles.